The number of benzene rings is 1. The molecule has 0 aliphatic heterocycles. The second-order valence-corrected chi connectivity index (χ2v) is 7.13. The van der Waals surface area contributed by atoms with Crippen molar-refractivity contribution in [1.29, 1.82) is 0 Å². The number of rotatable bonds is 4. The maximum absolute atomic E-state index is 11.7. The van der Waals surface area contributed by atoms with Crippen LogP contribution in [-0.2, 0) is 6.54 Å². The third kappa shape index (κ3) is 3.68. The average Bonchev–Trinajstić information content (AvgIpc) is 2.74. The summed E-state index contributed by atoms with van der Waals surface area (Å²) in [6, 6.07) is 7.91. The Morgan fingerprint density at radius 2 is 2.00 bits per heavy atom. The van der Waals surface area contributed by atoms with Crippen molar-refractivity contribution in [1.82, 2.24) is 0 Å². The zero-order chi connectivity index (χ0) is 14.0. The van der Waals surface area contributed by atoms with Crippen LogP contribution in [-0.4, -0.2) is 12.8 Å². The highest BCUT2D eigenvalue weighted by Gasteiger charge is 2.12. The molecule has 1 heterocycles. The molecule has 0 saturated heterocycles. The van der Waals surface area contributed by atoms with E-state index in [1.165, 1.54) is 4.88 Å². The molecule has 1 aromatic heterocycles. The summed E-state index contributed by atoms with van der Waals surface area (Å²) in [6.45, 7) is 2.39. The van der Waals surface area contributed by atoms with Gasteiger partial charge in [0.05, 0.1) is 6.54 Å². The average molecular weight is 403 g/mol. The molecule has 1 aromatic carbocycles. The van der Waals surface area contributed by atoms with Crippen LogP contribution < -0.4 is 4.90 Å². The van der Waals surface area contributed by atoms with Gasteiger partial charge in [0.25, 0.3) is 0 Å². The second-order valence-electron chi connectivity index (χ2n) is 4.30. The number of hydrogen-bond acceptors (Lipinski definition) is 3. The Balaban J connectivity index is 2.28. The summed E-state index contributed by atoms with van der Waals surface area (Å²) in [7, 11) is 2.00. The van der Waals surface area contributed by atoms with Crippen molar-refractivity contribution < 1.29 is 4.79 Å². The fourth-order valence-corrected chi connectivity index (χ4v) is 3.74. The fraction of sp³-hybridized carbons (Fsp3) is 0.214. The van der Waals surface area contributed by atoms with Gasteiger partial charge >= 0.3 is 0 Å². The second kappa shape index (κ2) is 6.20. The monoisotopic (exact) mass is 401 g/mol. The number of carbonyl (C=O) groups is 1. The van der Waals surface area contributed by atoms with Crippen LogP contribution >= 0.6 is 43.2 Å². The largest absolute Gasteiger partial charge is 0.369 e. The van der Waals surface area contributed by atoms with E-state index in [0.29, 0.717) is 0 Å². The maximum Gasteiger partial charge on any atom is 0.161 e. The summed E-state index contributed by atoms with van der Waals surface area (Å²) in [5, 5.41) is 2.07. The smallest absolute Gasteiger partial charge is 0.161 e. The molecule has 2 rings (SSSR count). The number of halogens is 2. The van der Waals surface area contributed by atoms with Crippen LogP contribution in [0.5, 0.6) is 0 Å². The van der Waals surface area contributed by atoms with Crippen molar-refractivity contribution in [3.8, 4) is 0 Å². The molecule has 0 unspecified atom stereocenters. The van der Waals surface area contributed by atoms with Crippen molar-refractivity contribution >= 4 is 54.7 Å². The first-order valence-corrected chi connectivity index (χ1v) is 8.18. The molecule has 0 aliphatic carbocycles. The molecule has 2 aromatic rings. The molecule has 100 valence electrons. The summed E-state index contributed by atoms with van der Waals surface area (Å²) in [5.74, 6) is 0.0792. The minimum absolute atomic E-state index is 0.0792. The van der Waals surface area contributed by atoms with E-state index in [9.17, 15) is 4.79 Å². The Hall–Kier alpha value is -0.650. The van der Waals surface area contributed by atoms with Crippen LogP contribution in [0.15, 0.2) is 38.6 Å². The Morgan fingerprint density at radius 3 is 2.58 bits per heavy atom. The Kier molecular flexibility index (Phi) is 4.81. The van der Waals surface area contributed by atoms with Crippen molar-refractivity contribution in [2.24, 2.45) is 0 Å². The van der Waals surface area contributed by atoms with E-state index in [1.807, 2.05) is 25.2 Å². The van der Waals surface area contributed by atoms with Gasteiger partial charge in [-0.2, -0.15) is 0 Å². The highest BCUT2D eigenvalue weighted by atomic mass is 79.9. The number of anilines is 1. The van der Waals surface area contributed by atoms with Crippen molar-refractivity contribution in [2.45, 2.75) is 13.5 Å². The Bertz CT molecular complexity index is 609. The van der Waals surface area contributed by atoms with Gasteiger partial charge in [-0.25, -0.2) is 0 Å². The van der Waals surface area contributed by atoms with Gasteiger partial charge in [-0.1, -0.05) is 15.9 Å². The number of carbonyl (C=O) groups excluding carboxylic acids is 1. The molecule has 0 bridgehead atoms. The van der Waals surface area contributed by atoms with E-state index in [4.69, 9.17) is 0 Å². The summed E-state index contributed by atoms with van der Waals surface area (Å²) < 4.78 is 2.03. The van der Waals surface area contributed by atoms with Crippen LogP contribution in [0, 0.1) is 0 Å². The van der Waals surface area contributed by atoms with E-state index in [-0.39, 0.29) is 5.78 Å². The molecule has 0 amide bonds. The minimum atomic E-state index is 0.0792. The van der Waals surface area contributed by atoms with Crippen LogP contribution in [0.25, 0.3) is 0 Å². The standard InChI is InChI=1S/C14H13Br2NOS/c1-9(18)13-6-10(15)3-4-14(13)17(2)7-12-5-11(16)8-19-12/h3-6,8H,7H2,1-2H3. The number of ketones is 1. The molecule has 5 heteroatoms. The quantitative estimate of drug-likeness (QED) is 0.662. The maximum atomic E-state index is 11.7. The fourth-order valence-electron chi connectivity index (χ4n) is 1.88. The minimum Gasteiger partial charge on any atom is -0.369 e. The van der Waals surface area contributed by atoms with E-state index in [0.717, 1.165) is 26.7 Å². The molecule has 0 aliphatic rings. The first-order chi connectivity index (χ1) is 8.97. The van der Waals surface area contributed by atoms with Gasteiger partial charge in [0, 0.05) is 37.5 Å². The number of nitrogens with zero attached hydrogens (tertiary/aromatic N) is 1. The molecule has 0 saturated carbocycles. The lowest BCUT2D eigenvalue weighted by Gasteiger charge is -2.21. The molecule has 0 radical (unpaired) electrons. The van der Waals surface area contributed by atoms with E-state index >= 15 is 0 Å². The Labute approximate surface area is 133 Å². The summed E-state index contributed by atoms with van der Waals surface area (Å²) >= 11 is 8.57. The molecule has 2 nitrogen and oxygen atoms in total. The number of hydrogen-bond donors (Lipinski definition) is 0. The molecule has 0 atom stereocenters. The number of Topliss-reactive ketones (excluding diaryl/α,β-unsaturated/α-hetero) is 1. The third-order valence-corrected chi connectivity index (χ3v) is 4.94. The van der Waals surface area contributed by atoms with Gasteiger partial charge in [0.1, 0.15) is 0 Å². The lowest BCUT2D eigenvalue weighted by atomic mass is 10.1. The molecule has 0 N–H and O–H groups in total. The number of thiophene rings is 1. The highest BCUT2D eigenvalue weighted by molar-refractivity contribution is 9.10. The van der Waals surface area contributed by atoms with Gasteiger partial charge < -0.3 is 4.90 Å². The zero-order valence-electron chi connectivity index (χ0n) is 10.6. The van der Waals surface area contributed by atoms with Gasteiger partial charge in [0.2, 0.25) is 0 Å². The molecular formula is C14H13Br2NOS. The van der Waals surface area contributed by atoms with Gasteiger partial charge in [-0.3, -0.25) is 4.79 Å². The van der Waals surface area contributed by atoms with Crippen LogP contribution in [0.3, 0.4) is 0 Å². The normalized spacial score (nSPS) is 10.5. The van der Waals surface area contributed by atoms with Crippen molar-refractivity contribution in [2.75, 3.05) is 11.9 Å². The van der Waals surface area contributed by atoms with E-state index < -0.39 is 0 Å². The highest BCUT2D eigenvalue weighted by Crippen LogP contribution is 2.27. The van der Waals surface area contributed by atoms with Gasteiger partial charge in [0.15, 0.2) is 5.78 Å². The Morgan fingerprint density at radius 1 is 1.26 bits per heavy atom. The molecular weight excluding hydrogens is 390 g/mol. The van der Waals surface area contributed by atoms with E-state index in [1.54, 1.807) is 18.3 Å². The van der Waals surface area contributed by atoms with Crippen LogP contribution in [0.4, 0.5) is 5.69 Å². The lowest BCUT2D eigenvalue weighted by molar-refractivity contribution is 0.101. The third-order valence-electron chi connectivity index (χ3n) is 2.76. The first-order valence-electron chi connectivity index (χ1n) is 5.72. The van der Waals surface area contributed by atoms with Crippen LogP contribution in [0.2, 0.25) is 0 Å². The lowest BCUT2D eigenvalue weighted by Crippen LogP contribution is -2.18. The molecule has 0 fully saturated rings. The molecule has 19 heavy (non-hydrogen) atoms. The predicted octanol–water partition coefficient (Wildman–Crippen LogP) is 5.11. The first kappa shape index (κ1) is 14.8. The predicted molar refractivity (Wildman–Crippen MR) is 88.3 cm³/mol. The van der Waals surface area contributed by atoms with Crippen molar-refractivity contribution in [3.63, 3.8) is 0 Å². The summed E-state index contributed by atoms with van der Waals surface area (Å²) in [4.78, 5) is 15.1. The summed E-state index contributed by atoms with van der Waals surface area (Å²) in [6.07, 6.45) is 0. The van der Waals surface area contributed by atoms with Gasteiger partial charge in [-0.05, 0) is 47.1 Å². The van der Waals surface area contributed by atoms with Crippen LogP contribution in [0.1, 0.15) is 22.2 Å². The zero-order valence-corrected chi connectivity index (χ0v) is 14.6. The topological polar surface area (TPSA) is 20.3 Å². The molecule has 0 spiro atoms. The van der Waals surface area contributed by atoms with Gasteiger partial charge in [-0.15, -0.1) is 11.3 Å². The van der Waals surface area contributed by atoms with E-state index in [2.05, 4.69) is 48.2 Å². The van der Waals surface area contributed by atoms with Crippen molar-refractivity contribution in [3.05, 3.63) is 49.0 Å². The summed E-state index contributed by atoms with van der Waals surface area (Å²) in [5.41, 5.74) is 1.70. The SMILES string of the molecule is CC(=O)c1cc(Br)ccc1N(C)Cc1cc(Br)cs1.